The van der Waals surface area contributed by atoms with Crippen LogP contribution in [0.2, 0.25) is 0 Å². The molecule has 0 amide bonds. The van der Waals surface area contributed by atoms with Crippen LogP contribution in [0.4, 0.5) is 0 Å². The molecule has 2 unspecified atom stereocenters. The van der Waals surface area contributed by atoms with Crippen LogP contribution < -0.4 is 10.5 Å². The summed E-state index contributed by atoms with van der Waals surface area (Å²) in [5.41, 5.74) is 5.87. The van der Waals surface area contributed by atoms with E-state index in [-0.39, 0.29) is 12.1 Å². The third kappa shape index (κ3) is 3.98. The summed E-state index contributed by atoms with van der Waals surface area (Å²) in [4.78, 5) is 2.35. The van der Waals surface area contributed by atoms with Gasteiger partial charge in [-0.3, -0.25) is 4.90 Å². The molecule has 4 nitrogen and oxygen atoms in total. The molecule has 1 aromatic rings. The van der Waals surface area contributed by atoms with Crippen LogP contribution in [0.25, 0.3) is 0 Å². The SMILES string of the molecule is CC(N)C1CN(CCOc2ccccc2)CCO1. The molecule has 0 aromatic heterocycles. The van der Waals surface area contributed by atoms with E-state index in [0.29, 0.717) is 6.61 Å². The van der Waals surface area contributed by atoms with E-state index >= 15 is 0 Å². The van der Waals surface area contributed by atoms with Crippen LogP contribution >= 0.6 is 0 Å². The fourth-order valence-electron chi connectivity index (χ4n) is 2.06. The molecule has 1 aromatic carbocycles. The first-order chi connectivity index (χ1) is 8.75. The quantitative estimate of drug-likeness (QED) is 0.850. The average Bonchev–Trinajstić information content (AvgIpc) is 2.40. The van der Waals surface area contributed by atoms with E-state index < -0.39 is 0 Å². The Kier molecular flexibility index (Phi) is 4.99. The Morgan fingerprint density at radius 2 is 2.22 bits per heavy atom. The van der Waals surface area contributed by atoms with Crippen molar-refractivity contribution < 1.29 is 9.47 Å². The maximum Gasteiger partial charge on any atom is 0.119 e. The first-order valence-electron chi connectivity index (χ1n) is 6.53. The predicted molar refractivity (Wildman–Crippen MR) is 71.8 cm³/mol. The number of hydrogen-bond acceptors (Lipinski definition) is 4. The smallest absolute Gasteiger partial charge is 0.119 e. The molecule has 100 valence electrons. The van der Waals surface area contributed by atoms with Crippen molar-refractivity contribution in [1.29, 1.82) is 0 Å². The molecular weight excluding hydrogens is 228 g/mol. The third-order valence-electron chi connectivity index (χ3n) is 3.18. The molecule has 2 rings (SSSR count). The van der Waals surface area contributed by atoms with Gasteiger partial charge in [0.05, 0.1) is 12.7 Å². The van der Waals surface area contributed by atoms with Crippen LogP contribution in [0.15, 0.2) is 30.3 Å². The summed E-state index contributed by atoms with van der Waals surface area (Å²) in [7, 11) is 0. The normalized spacial score (nSPS) is 22.7. The molecule has 1 saturated heterocycles. The first kappa shape index (κ1) is 13.3. The van der Waals surface area contributed by atoms with Gasteiger partial charge < -0.3 is 15.2 Å². The molecule has 0 radical (unpaired) electrons. The largest absolute Gasteiger partial charge is 0.492 e. The van der Waals surface area contributed by atoms with Gasteiger partial charge in [0.25, 0.3) is 0 Å². The highest BCUT2D eigenvalue weighted by molar-refractivity contribution is 5.20. The number of nitrogens with zero attached hydrogens (tertiary/aromatic N) is 1. The highest BCUT2D eigenvalue weighted by Gasteiger charge is 2.22. The molecule has 0 aliphatic carbocycles. The van der Waals surface area contributed by atoms with Gasteiger partial charge in [0.15, 0.2) is 0 Å². The number of nitrogens with two attached hydrogens (primary N) is 1. The van der Waals surface area contributed by atoms with E-state index in [2.05, 4.69) is 4.90 Å². The lowest BCUT2D eigenvalue weighted by molar-refractivity contribution is -0.0402. The lowest BCUT2D eigenvalue weighted by Crippen LogP contribution is -2.50. The molecule has 4 heteroatoms. The summed E-state index contributed by atoms with van der Waals surface area (Å²) in [6.07, 6.45) is 0.149. The highest BCUT2D eigenvalue weighted by atomic mass is 16.5. The van der Waals surface area contributed by atoms with Crippen molar-refractivity contribution in [2.24, 2.45) is 5.73 Å². The Morgan fingerprint density at radius 1 is 1.44 bits per heavy atom. The van der Waals surface area contributed by atoms with Crippen LogP contribution in [0.3, 0.4) is 0 Å². The zero-order chi connectivity index (χ0) is 12.8. The van der Waals surface area contributed by atoms with Gasteiger partial charge in [0.2, 0.25) is 0 Å². The van der Waals surface area contributed by atoms with E-state index in [1.165, 1.54) is 0 Å². The van der Waals surface area contributed by atoms with Crippen molar-refractivity contribution in [1.82, 2.24) is 4.90 Å². The maximum atomic E-state index is 5.87. The van der Waals surface area contributed by atoms with Gasteiger partial charge in [-0.25, -0.2) is 0 Å². The predicted octanol–water partition coefficient (Wildman–Crippen LogP) is 1.11. The topological polar surface area (TPSA) is 47.7 Å². The molecule has 1 aliphatic rings. The lowest BCUT2D eigenvalue weighted by Gasteiger charge is -2.34. The van der Waals surface area contributed by atoms with Gasteiger partial charge in [0.1, 0.15) is 12.4 Å². The van der Waals surface area contributed by atoms with E-state index in [9.17, 15) is 0 Å². The number of para-hydroxylation sites is 1. The fourth-order valence-corrected chi connectivity index (χ4v) is 2.06. The van der Waals surface area contributed by atoms with Gasteiger partial charge in [-0.2, -0.15) is 0 Å². The van der Waals surface area contributed by atoms with Gasteiger partial charge in [-0.1, -0.05) is 18.2 Å². The number of benzene rings is 1. The second kappa shape index (κ2) is 6.73. The minimum atomic E-state index is 0.0860. The van der Waals surface area contributed by atoms with Crippen LogP contribution in [0.1, 0.15) is 6.92 Å². The molecule has 1 aliphatic heterocycles. The van der Waals surface area contributed by atoms with Gasteiger partial charge in [0, 0.05) is 25.7 Å². The Morgan fingerprint density at radius 3 is 2.94 bits per heavy atom. The van der Waals surface area contributed by atoms with Crippen molar-refractivity contribution in [2.45, 2.75) is 19.1 Å². The zero-order valence-corrected chi connectivity index (χ0v) is 10.9. The second-order valence-corrected chi connectivity index (χ2v) is 4.73. The second-order valence-electron chi connectivity index (χ2n) is 4.73. The van der Waals surface area contributed by atoms with Crippen LogP contribution in [0.5, 0.6) is 5.75 Å². The Bertz CT molecular complexity index is 343. The maximum absolute atomic E-state index is 5.87. The third-order valence-corrected chi connectivity index (χ3v) is 3.18. The molecule has 1 heterocycles. The van der Waals surface area contributed by atoms with E-state index in [1.807, 2.05) is 37.3 Å². The van der Waals surface area contributed by atoms with Gasteiger partial charge >= 0.3 is 0 Å². The summed E-state index contributed by atoms with van der Waals surface area (Å²) in [6, 6.07) is 9.99. The van der Waals surface area contributed by atoms with Crippen molar-refractivity contribution in [3.05, 3.63) is 30.3 Å². The number of morpholine rings is 1. The first-order valence-corrected chi connectivity index (χ1v) is 6.53. The minimum Gasteiger partial charge on any atom is -0.492 e. The fraction of sp³-hybridized carbons (Fsp3) is 0.571. The van der Waals surface area contributed by atoms with Crippen molar-refractivity contribution in [3.63, 3.8) is 0 Å². The van der Waals surface area contributed by atoms with E-state index in [4.69, 9.17) is 15.2 Å². The summed E-state index contributed by atoms with van der Waals surface area (Å²) in [5, 5.41) is 0. The Balaban J connectivity index is 1.70. The number of hydrogen-bond donors (Lipinski definition) is 1. The molecule has 0 saturated carbocycles. The Hall–Kier alpha value is -1.10. The summed E-state index contributed by atoms with van der Waals surface area (Å²) < 4.78 is 11.3. The minimum absolute atomic E-state index is 0.0860. The van der Waals surface area contributed by atoms with Gasteiger partial charge in [-0.05, 0) is 19.1 Å². The molecule has 2 N–H and O–H groups in total. The Labute approximate surface area is 109 Å². The lowest BCUT2D eigenvalue weighted by atomic mass is 10.1. The average molecular weight is 250 g/mol. The molecule has 0 bridgehead atoms. The van der Waals surface area contributed by atoms with Crippen molar-refractivity contribution >= 4 is 0 Å². The van der Waals surface area contributed by atoms with Gasteiger partial charge in [-0.15, -0.1) is 0 Å². The standard InChI is InChI=1S/C14H22N2O2/c1-12(15)14-11-16(8-10-18-14)7-9-17-13-5-3-2-4-6-13/h2-6,12,14H,7-11,15H2,1H3. The van der Waals surface area contributed by atoms with Crippen molar-refractivity contribution in [2.75, 3.05) is 32.8 Å². The molecule has 1 fully saturated rings. The molecular formula is C14H22N2O2. The molecule has 0 spiro atoms. The zero-order valence-electron chi connectivity index (χ0n) is 10.9. The van der Waals surface area contributed by atoms with E-state index in [1.54, 1.807) is 0 Å². The summed E-state index contributed by atoms with van der Waals surface area (Å²) >= 11 is 0. The van der Waals surface area contributed by atoms with E-state index in [0.717, 1.165) is 32.0 Å². The summed E-state index contributed by atoms with van der Waals surface area (Å²) in [6.45, 7) is 6.24. The highest BCUT2D eigenvalue weighted by Crippen LogP contribution is 2.10. The van der Waals surface area contributed by atoms with Crippen LogP contribution in [-0.4, -0.2) is 49.9 Å². The molecule has 18 heavy (non-hydrogen) atoms. The number of ether oxygens (including phenoxy) is 2. The van der Waals surface area contributed by atoms with Crippen LogP contribution in [0, 0.1) is 0 Å². The monoisotopic (exact) mass is 250 g/mol. The summed E-state index contributed by atoms with van der Waals surface area (Å²) in [5.74, 6) is 0.925. The molecule has 2 atom stereocenters. The number of rotatable bonds is 5. The van der Waals surface area contributed by atoms with Crippen molar-refractivity contribution in [3.8, 4) is 5.75 Å². The van der Waals surface area contributed by atoms with Crippen LogP contribution in [-0.2, 0) is 4.74 Å².